The molecule has 1 saturated carbocycles. The number of hydrogen-bond acceptors (Lipinski definition) is 5. The molecule has 0 bridgehead atoms. The van der Waals surface area contributed by atoms with Gasteiger partial charge in [0.05, 0.1) is 6.10 Å². The third-order valence-electron chi connectivity index (χ3n) is 4.32. The second kappa shape index (κ2) is 9.27. The average molecular weight is 343 g/mol. The highest BCUT2D eigenvalue weighted by Crippen LogP contribution is 2.20. The summed E-state index contributed by atoms with van der Waals surface area (Å²) in [6, 6.07) is 9.58. The number of aromatic nitrogens is 4. The van der Waals surface area contributed by atoms with Crippen LogP contribution < -0.4 is 5.32 Å². The van der Waals surface area contributed by atoms with E-state index in [9.17, 15) is 4.79 Å². The van der Waals surface area contributed by atoms with Crippen molar-refractivity contribution in [1.82, 2.24) is 25.5 Å². The summed E-state index contributed by atoms with van der Waals surface area (Å²) in [5.41, 5.74) is 0.883. The summed E-state index contributed by atoms with van der Waals surface area (Å²) in [6.45, 7) is 1.37. The van der Waals surface area contributed by atoms with E-state index in [0.29, 0.717) is 25.1 Å². The lowest BCUT2D eigenvalue weighted by atomic mass is 9.98. The van der Waals surface area contributed by atoms with Crippen molar-refractivity contribution in [1.29, 1.82) is 0 Å². The molecule has 0 saturated heterocycles. The van der Waals surface area contributed by atoms with Gasteiger partial charge < -0.3 is 10.1 Å². The van der Waals surface area contributed by atoms with Crippen LogP contribution in [0.1, 0.15) is 38.5 Å². The lowest BCUT2D eigenvalue weighted by Gasteiger charge is -2.21. The van der Waals surface area contributed by atoms with Crippen LogP contribution in [0.2, 0.25) is 0 Å². The van der Waals surface area contributed by atoms with Gasteiger partial charge in [-0.25, -0.2) is 0 Å². The maximum Gasteiger partial charge on any atom is 0.243 e. The second-order valence-electron chi connectivity index (χ2n) is 6.34. The molecule has 7 heteroatoms. The number of nitrogens with zero attached hydrogens (tertiary/aromatic N) is 4. The summed E-state index contributed by atoms with van der Waals surface area (Å²) in [5, 5.41) is 15.0. The van der Waals surface area contributed by atoms with E-state index in [0.717, 1.165) is 12.0 Å². The van der Waals surface area contributed by atoms with E-state index in [-0.39, 0.29) is 12.5 Å². The van der Waals surface area contributed by atoms with Gasteiger partial charge in [-0.15, -0.1) is 10.2 Å². The predicted octanol–water partition coefficient (Wildman–Crippen LogP) is 2.20. The number of carbonyl (C=O) groups excluding carboxylic acids is 1. The zero-order chi connectivity index (χ0) is 17.3. The fraction of sp³-hybridized carbons (Fsp3) is 0.556. The topological polar surface area (TPSA) is 81.9 Å². The van der Waals surface area contributed by atoms with Crippen LogP contribution in [0.4, 0.5) is 0 Å². The molecule has 0 radical (unpaired) electrons. The van der Waals surface area contributed by atoms with E-state index >= 15 is 0 Å². The molecule has 1 N–H and O–H groups in total. The Balaban J connectivity index is 1.33. The molecule has 7 nitrogen and oxygen atoms in total. The molecule has 1 heterocycles. The quantitative estimate of drug-likeness (QED) is 0.743. The fourth-order valence-corrected chi connectivity index (χ4v) is 2.98. The minimum Gasteiger partial charge on any atom is -0.378 e. The van der Waals surface area contributed by atoms with E-state index in [1.807, 2.05) is 30.3 Å². The highest BCUT2D eigenvalue weighted by molar-refractivity contribution is 5.75. The van der Waals surface area contributed by atoms with Crippen molar-refractivity contribution in [3.05, 3.63) is 30.3 Å². The van der Waals surface area contributed by atoms with Gasteiger partial charge in [0.25, 0.3) is 0 Å². The molecule has 3 rings (SSSR count). The predicted molar refractivity (Wildman–Crippen MR) is 93.7 cm³/mol. The molecule has 1 aromatic heterocycles. The Morgan fingerprint density at radius 2 is 2.00 bits per heavy atom. The summed E-state index contributed by atoms with van der Waals surface area (Å²) in [6.07, 6.45) is 7.47. The van der Waals surface area contributed by atoms with Crippen molar-refractivity contribution < 1.29 is 9.53 Å². The molecule has 1 aliphatic rings. The third kappa shape index (κ3) is 5.63. The number of benzene rings is 1. The lowest BCUT2D eigenvalue weighted by Crippen LogP contribution is -2.30. The van der Waals surface area contributed by atoms with E-state index < -0.39 is 0 Å². The van der Waals surface area contributed by atoms with Crippen LogP contribution in [-0.4, -0.2) is 45.4 Å². The number of tetrazole rings is 1. The molecule has 1 amide bonds. The van der Waals surface area contributed by atoms with Crippen LogP contribution >= 0.6 is 0 Å². The second-order valence-corrected chi connectivity index (χ2v) is 6.34. The summed E-state index contributed by atoms with van der Waals surface area (Å²) >= 11 is 0. The molecule has 1 fully saturated rings. The summed E-state index contributed by atoms with van der Waals surface area (Å²) < 4.78 is 5.84. The van der Waals surface area contributed by atoms with E-state index in [1.165, 1.54) is 36.9 Å². The van der Waals surface area contributed by atoms with Crippen molar-refractivity contribution >= 4 is 5.91 Å². The van der Waals surface area contributed by atoms with Gasteiger partial charge in [0.1, 0.15) is 6.54 Å². The zero-order valence-electron chi connectivity index (χ0n) is 14.4. The number of ether oxygens (including phenoxy) is 1. The number of amides is 1. The Bertz CT molecular complexity index is 652. The molecule has 0 spiro atoms. The van der Waals surface area contributed by atoms with Crippen molar-refractivity contribution in [2.24, 2.45) is 0 Å². The minimum atomic E-state index is -0.116. The van der Waals surface area contributed by atoms with Crippen LogP contribution in [0, 0.1) is 0 Å². The van der Waals surface area contributed by atoms with Crippen LogP contribution in [-0.2, 0) is 16.1 Å². The van der Waals surface area contributed by atoms with Gasteiger partial charge in [0.2, 0.25) is 11.7 Å². The minimum absolute atomic E-state index is 0.0727. The molecule has 134 valence electrons. The van der Waals surface area contributed by atoms with Gasteiger partial charge in [-0.2, -0.15) is 4.80 Å². The van der Waals surface area contributed by atoms with Crippen molar-refractivity contribution in [2.75, 3.05) is 13.2 Å². The maximum atomic E-state index is 11.9. The van der Waals surface area contributed by atoms with Crippen molar-refractivity contribution in [3.63, 3.8) is 0 Å². The first kappa shape index (κ1) is 17.5. The number of nitrogens with one attached hydrogen (secondary N) is 1. The molecule has 2 aromatic rings. The number of carbonyl (C=O) groups is 1. The Morgan fingerprint density at radius 1 is 1.20 bits per heavy atom. The summed E-state index contributed by atoms with van der Waals surface area (Å²) in [4.78, 5) is 13.3. The van der Waals surface area contributed by atoms with Crippen LogP contribution in [0.5, 0.6) is 0 Å². The SMILES string of the molecule is O=C(Cn1nnc(-c2ccccc2)n1)NCCCOC1CCCCC1. The van der Waals surface area contributed by atoms with Gasteiger partial charge in [-0.1, -0.05) is 49.6 Å². The molecule has 0 atom stereocenters. The van der Waals surface area contributed by atoms with E-state index in [2.05, 4.69) is 20.7 Å². The molecule has 1 aliphatic carbocycles. The zero-order valence-corrected chi connectivity index (χ0v) is 14.4. The van der Waals surface area contributed by atoms with Gasteiger partial charge in [0, 0.05) is 18.7 Å². The molecular weight excluding hydrogens is 318 g/mol. The molecule has 25 heavy (non-hydrogen) atoms. The first-order valence-electron chi connectivity index (χ1n) is 9.03. The molecule has 0 aliphatic heterocycles. The smallest absolute Gasteiger partial charge is 0.243 e. The normalized spacial score (nSPS) is 15.2. The Morgan fingerprint density at radius 3 is 2.80 bits per heavy atom. The van der Waals surface area contributed by atoms with E-state index in [1.54, 1.807) is 0 Å². The molecule has 0 unspecified atom stereocenters. The Labute approximate surface area is 147 Å². The van der Waals surface area contributed by atoms with Gasteiger partial charge in [-0.3, -0.25) is 4.79 Å². The standard InChI is InChI=1S/C18H25N5O2/c24-17(19-12-7-13-25-16-10-5-2-6-11-16)14-23-21-18(20-22-23)15-8-3-1-4-9-15/h1,3-4,8-9,16H,2,5-7,10-14H2,(H,19,24). The number of hydrogen-bond donors (Lipinski definition) is 1. The van der Waals surface area contributed by atoms with Crippen LogP contribution in [0.15, 0.2) is 30.3 Å². The monoisotopic (exact) mass is 343 g/mol. The highest BCUT2D eigenvalue weighted by Gasteiger charge is 2.13. The van der Waals surface area contributed by atoms with Gasteiger partial charge in [-0.05, 0) is 24.5 Å². The highest BCUT2D eigenvalue weighted by atomic mass is 16.5. The van der Waals surface area contributed by atoms with Gasteiger partial charge in [0.15, 0.2) is 0 Å². The third-order valence-corrected chi connectivity index (χ3v) is 4.32. The summed E-state index contributed by atoms with van der Waals surface area (Å²) in [7, 11) is 0. The molecule has 1 aromatic carbocycles. The Kier molecular flexibility index (Phi) is 6.50. The lowest BCUT2D eigenvalue weighted by molar-refractivity contribution is -0.122. The first-order chi connectivity index (χ1) is 12.3. The van der Waals surface area contributed by atoms with Crippen molar-refractivity contribution in [3.8, 4) is 11.4 Å². The fourth-order valence-electron chi connectivity index (χ4n) is 2.98. The largest absolute Gasteiger partial charge is 0.378 e. The first-order valence-corrected chi connectivity index (χ1v) is 9.03. The van der Waals surface area contributed by atoms with Crippen LogP contribution in [0.3, 0.4) is 0 Å². The molecular formula is C18H25N5O2. The average Bonchev–Trinajstić information content (AvgIpc) is 3.11. The van der Waals surface area contributed by atoms with Gasteiger partial charge >= 0.3 is 0 Å². The number of rotatable bonds is 8. The Hall–Kier alpha value is -2.28. The van der Waals surface area contributed by atoms with Crippen LogP contribution in [0.25, 0.3) is 11.4 Å². The van der Waals surface area contributed by atoms with E-state index in [4.69, 9.17) is 4.74 Å². The summed E-state index contributed by atoms with van der Waals surface area (Å²) in [5.74, 6) is 0.406. The van der Waals surface area contributed by atoms with Crippen molar-refractivity contribution in [2.45, 2.75) is 51.2 Å². The maximum absolute atomic E-state index is 11.9.